The standard InChI is InChI=1S/C20H18ClN3O2/c1-12-6-8-13(9-7-12)18-17-16(22-20(26)23-18)11-24(19(17)25)10-14-4-2-3-5-15(14)21/h2-9,18H,10-11H2,1H3,(H2,22,23,26). The van der Waals surface area contributed by atoms with Crippen LogP contribution in [0, 0.1) is 6.92 Å². The second-order valence-corrected chi connectivity index (χ2v) is 6.99. The van der Waals surface area contributed by atoms with Crippen molar-refractivity contribution in [1.82, 2.24) is 15.5 Å². The van der Waals surface area contributed by atoms with Crippen LogP contribution in [0.25, 0.3) is 0 Å². The quantitative estimate of drug-likeness (QED) is 0.874. The molecular weight excluding hydrogens is 350 g/mol. The van der Waals surface area contributed by atoms with Gasteiger partial charge in [-0.2, -0.15) is 0 Å². The molecule has 5 nitrogen and oxygen atoms in total. The Kier molecular flexibility index (Phi) is 4.17. The molecule has 2 N–H and O–H groups in total. The first-order valence-corrected chi connectivity index (χ1v) is 8.80. The summed E-state index contributed by atoms with van der Waals surface area (Å²) in [6, 6.07) is 14.6. The smallest absolute Gasteiger partial charge is 0.319 e. The molecule has 2 aromatic rings. The summed E-state index contributed by atoms with van der Waals surface area (Å²) in [7, 11) is 0. The van der Waals surface area contributed by atoms with Crippen molar-refractivity contribution in [1.29, 1.82) is 0 Å². The van der Waals surface area contributed by atoms with E-state index in [0.717, 1.165) is 16.7 Å². The fourth-order valence-electron chi connectivity index (χ4n) is 3.40. The van der Waals surface area contributed by atoms with Gasteiger partial charge in [0.05, 0.1) is 23.9 Å². The number of carbonyl (C=O) groups is 2. The lowest BCUT2D eigenvalue weighted by atomic mass is 9.95. The molecule has 2 aliphatic rings. The molecule has 0 saturated carbocycles. The van der Waals surface area contributed by atoms with Crippen molar-refractivity contribution in [2.45, 2.75) is 19.5 Å². The molecule has 2 aliphatic heterocycles. The fourth-order valence-corrected chi connectivity index (χ4v) is 3.59. The summed E-state index contributed by atoms with van der Waals surface area (Å²) in [5.74, 6) is -0.0852. The SMILES string of the molecule is Cc1ccc(C2NC(=O)NC3=C2C(=O)N(Cc2ccccc2Cl)C3)cc1. The Hall–Kier alpha value is -2.79. The summed E-state index contributed by atoms with van der Waals surface area (Å²) in [6.45, 7) is 2.78. The van der Waals surface area contributed by atoms with Gasteiger partial charge in [-0.15, -0.1) is 0 Å². The van der Waals surface area contributed by atoms with E-state index < -0.39 is 6.04 Å². The van der Waals surface area contributed by atoms with E-state index in [-0.39, 0.29) is 11.9 Å². The van der Waals surface area contributed by atoms with Gasteiger partial charge in [0.2, 0.25) is 0 Å². The van der Waals surface area contributed by atoms with E-state index in [2.05, 4.69) is 10.6 Å². The first kappa shape index (κ1) is 16.7. The first-order chi connectivity index (χ1) is 12.5. The molecule has 0 bridgehead atoms. The number of nitrogens with one attached hydrogen (secondary N) is 2. The number of halogens is 1. The Balaban J connectivity index is 1.64. The normalized spacial score (nSPS) is 19.3. The lowest BCUT2D eigenvalue weighted by Crippen LogP contribution is -2.44. The van der Waals surface area contributed by atoms with Crippen molar-refractivity contribution in [3.8, 4) is 0 Å². The number of aryl methyl sites for hydroxylation is 1. The predicted molar refractivity (Wildman–Crippen MR) is 99.5 cm³/mol. The maximum absolute atomic E-state index is 13.0. The zero-order chi connectivity index (χ0) is 18.3. The maximum Gasteiger partial charge on any atom is 0.319 e. The van der Waals surface area contributed by atoms with Crippen LogP contribution in [0.1, 0.15) is 22.7 Å². The molecular formula is C20H18ClN3O2. The number of carbonyl (C=O) groups excluding carboxylic acids is 2. The highest BCUT2D eigenvalue weighted by Crippen LogP contribution is 2.33. The van der Waals surface area contributed by atoms with E-state index in [0.29, 0.717) is 29.4 Å². The number of benzene rings is 2. The summed E-state index contributed by atoms with van der Waals surface area (Å²) >= 11 is 6.23. The van der Waals surface area contributed by atoms with Gasteiger partial charge in [0.1, 0.15) is 0 Å². The Bertz CT molecular complexity index is 921. The van der Waals surface area contributed by atoms with Crippen LogP contribution in [0.5, 0.6) is 0 Å². The van der Waals surface area contributed by atoms with Crippen LogP contribution in [0.15, 0.2) is 59.8 Å². The van der Waals surface area contributed by atoms with Crippen LogP contribution in [-0.2, 0) is 11.3 Å². The van der Waals surface area contributed by atoms with E-state index in [1.165, 1.54) is 0 Å². The number of rotatable bonds is 3. The van der Waals surface area contributed by atoms with Gasteiger partial charge >= 0.3 is 6.03 Å². The van der Waals surface area contributed by atoms with Crippen molar-refractivity contribution in [2.75, 3.05) is 6.54 Å². The van der Waals surface area contributed by atoms with E-state index in [9.17, 15) is 9.59 Å². The van der Waals surface area contributed by atoms with Crippen LogP contribution >= 0.6 is 11.6 Å². The zero-order valence-electron chi connectivity index (χ0n) is 14.3. The van der Waals surface area contributed by atoms with Crippen molar-refractivity contribution >= 4 is 23.5 Å². The van der Waals surface area contributed by atoms with E-state index in [1.54, 1.807) is 4.90 Å². The topological polar surface area (TPSA) is 61.4 Å². The zero-order valence-corrected chi connectivity index (χ0v) is 15.0. The second kappa shape index (κ2) is 6.50. The summed E-state index contributed by atoms with van der Waals surface area (Å²) in [5.41, 5.74) is 4.16. The molecule has 2 heterocycles. The molecule has 1 atom stereocenters. The average molecular weight is 368 g/mol. The third-order valence-electron chi connectivity index (χ3n) is 4.75. The molecule has 1 unspecified atom stereocenters. The third kappa shape index (κ3) is 2.95. The van der Waals surface area contributed by atoms with Crippen molar-refractivity contribution in [3.05, 3.63) is 81.5 Å². The molecule has 3 amide bonds. The van der Waals surface area contributed by atoms with Gasteiger partial charge in [-0.1, -0.05) is 59.6 Å². The van der Waals surface area contributed by atoms with Crippen LogP contribution in [0.2, 0.25) is 5.02 Å². The molecule has 132 valence electrons. The van der Waals surface area contributed by atoms with Crippen LogP contribution in [0.4, 0.5) is 4.79 Å². The number of hydrogen-bond acceptors (Lipinski definition) is 2. The van der Waals surface area contributed by atoms with Gasteiger partial charge in [0.25, 0.3) is 5.91 Å². The summed E-state index contributed by atoms with van der Waals surface area (Å²) in [6.07, 6.45) is 0. The summed E-state index contributed by atoms with van der Waals surface area (Å²) in [4.78, 5) is 26.8. The second-order valence-electron chi connectivity index (χ2n) is 6.59. The van der Waals surface area contributed by atoms with E-state index >= 15 is 0 Å². The molecule has 0 spiro atoms. The number of amides is 3. The van der Waals surface area contributed by atoms with Crippen LogP contribution in [-0.4, -0.2) is 23.4 Å². The van der Waals surface area contributed by atoms with Crippen molar-refractivity contribution in [3.63, 3.8) is 0 Å². The van der Waals surface area contributed by atoms with Gasteiger partial charge < -0.3 is 15.5 Å². The highest BCUT2D eigenvalue weighted by atomic mass is 35.5. The Morgan fingerprint density at radius 1 is 1.12 bits per heavy atom. The fraction of sp³-hybridized carbons (Fsp3) is 0.200. The summed E-state index contributed by atoms with van der Waals surface area (Å²) < 4.78 is 0. The highest BCUT2D eigenvalue weighted by molar-refractivity contribution is 6.31. The van der Waals surface area contributed by atoms with E-state index in [1.807, 2.05) is 55.5 Å². The van der Waals surface area contributed by atoms with Crippen molar-refractivity contribution in [2.24, 2.45) is 0 Å². The monoisotopic (exact) mass is 367 g/mol. The van der Waals surface area contributed by atoms with Gasteiger partial charge in [0, 0.05) is 11.6 Å². The lowest BCUT2D eigenvalue weighted by molar-refractivity contribution is -0.126. The molecule has 0 aliphatic carbocycles. The lowest BCUT2D eigenvalue weighted by Gasteiger charge is -2.25. The molecule has 26 heavy (non-hydrogen) atoms. The number of hydrogen-bond donors (Lipinski definition) is 2. The minimum atomic E-state index is -0.442. The largest absolute Gasteiger partial charge is 0.329 e. The minimum Gasteiger partial charge on any atom is -0.329 e. The predicted octanol–water partition coefficient (Wildman–Crippen LogP) is 3.30. The molecule has 0 aromatic heterocycles. The highest BCUT2D eigenvalue weighted by Gasteiger charge is 2.40. The molecule has 4 rings (SSSR count). The first-order valence-electron chi connectivity index (χ1n) is 8.43. The van der Waals surface area contributed by atoms with Crippen LogP contribution in [0.3, 0.4) is 0 Å². The molecule has 0 radical (unpaired) electrons. The average Bonchev–Trinajstić information content (AvgIpc) is 2.92. The molecule has 0 fully saturated rings. The Labute approximate surface area is 156 Å². The van der Waals surface area contributed by atoms with Gasteiger partial charge in [-0.05, 0) is 24.1 Å². The minimum absolute atomic E-state index is 0.0852. The number of nitrogens with zero attached hydrogens (tertiary/aromatic N) is 1. The van der Waals surface area contributed by atoms with Crippen LogP contribution < -0.4 is 10.6 Å². The molecule has 6 heteroatoms. The van der Waals surface area contributed by atoms with E-state index in [4.69, 9.17) is 11.6 Å². The molecule has 0 saturated heterocycles. The third-order valence-corrected chi connectivity index (χ3v) is 5.12. The van der Waals surface area contributed by atoms with Gasteiger partial charge in [-0.3, -0.25) is 4.79 Å². The number of urea groups is 1. The Morgan fingerprint density at radius 2 is 1.85 bits per heavy atom. The van der Waals surface area contributed by atoms with Gasteiger partial charge in [-0.25, -0.2) is 4.79 Å². The van der Waals surface area contributed by atoms with Gasteiger partial charge in [0.15, 0.2) is 0 Å². The maximum atomic E-state index is 13.0. The molecule has 2 aromatic carbocycles. The Morgan fingerprint density at radius 3 is 2.58 bits per heavy atom. The van der Waals surface area contributed by atoms with Crippen molar-refractivity contribution < 1.29 is 9.59 Å². The summed E-state index contributed by atoms with van der Waals surface area (Å²) in [5, 5.41) is 6.28.